The van der Waals surface area contributed by atoms with Gasteiger partial charge in [-0.05, 0) is 44.7 Å². The Morgan fingerprint density at radius 3 is 2.58 bits per heavy atom. The van der Waals surface area contributed by atoms with Crippen LogP contribution in [0.25, 0.3) is 0 Å². The summed E-state index contributed by atoms with van der Waals surface area (Å²) in [6.07, 6.45) is 9.84. The first-order valence-electron chi connectivity index (χ1n) is 7.99. The average molecular weight is 267 g/mol. The molecule has 2 aliphatic rings. The van der Waals surface area contributed by atoms with Crippen molar-refractivity contribution in [3.05, 3.63) is 0 Å². The Kier molecular flexibility index (Phi) is 6.11. The summed E-state index contributed by atoms with van der Waals surface area (Å²) in [5.41, 5.74) is 5.60. The van der Waals surface area contributed by atoms with Gasteiger partial charge >= 0.3 is 0 Å². The Hall–Kier alpha value is -0.610. The molecule has 0 bridgehead atoms. The standard InChI is InChI=1S/C15H29N3O/c16-9-7-13-8-10-18(11-13)12-15(19)17-14-5-3-1-2-4-6-14/h13-14H,1-12,16H2,(H,17,19). The maximum Gasteiger partial charge on any atom is 0.234 e. The van der Waals surface area contributed by atoms with E-state index in [0.717, 1.165) is 26.1 Å². The molecule has 1 saturated heterocycles. The number of carbonyl (C=O) groups excluding carboxylic acids is 1. The second kappa shape index (κ2) is 7.85. The van der Waals surface area contributed by atoms with Gasteiger partial charge in [0, 0.05) is 12.6 Å². The zero-order valence-electron chi connectivity index (χ0n) is 12.1. The number of nitrogens with one attached hydrogen (secondary N) is 1. The smallest absolute Gasteiger partial charge is 0.234 e. The van der Waals surface area contributed by atoms with Crippen LogP contribution in [0.15, 0.2) is 0 Å². The molecule has 1 saturated carbocycles. The van der Waals surface area contributed by atoms with E-state index >= 15 is 0 Å². The lowest BCUT2D eigenvalue weighted by Gasteiger charge is -2.20. The molecule has 1 aliphatic heterocycles. The van der Waals surface area contributed by atoms with Crippen LogP contribution < -0.4 is 11.1 Å². The van der Waals surface area contributed by atoms with E-state index in [-0.39, 0.29) is 5.91 Å². The van der Waals surface area contributed by atoms with Crippen LogP contribution >= 0.6 is 0 Å². The molecule has 3 N–H and O–H groups in total. The fourth-order valence-electron chi connectivity index (χ4n) is 3.43. The summed E-state index contributed by atoms with van der Waals surface area (Å²) in [7, 11) is 0. The minimum atomic E-state index is 0.222. The fourth-order valence-corrected chi connectivity index (χ4v) is 3.43. The second-order valence-electron chi connectivity index (χ2n) is 6.22. The summed E-state index contributed by atoms with van der Waals surface area (Å²) in [5.74, 6) is 0.927. The quantitative estimate of drug-likeness (QED) is 0.742. The highest BCUT2D eigenvalue weighted by atomic mass is 16.2. The van der Waals surface area contributed by atoms with E-state index in [4.69, 9.17) is 5.73 Å². The van der Waals surface area contributed by atoms with Crippen molar-refractivity contribution in [3.8, 4) is 0 Å². The number of hydrogen-bond donors (Lipinski definition) is 2. The van der Waals surface area contributed by atoms with Crippen molar-refractivity contribution in [2.75, 3.05) is 26.2 Å². The van der Waals surface area contributed by atoms with Crippen molar-refractivity contribution in [1.82, 2.24) is 10.2 Å². The van der Waals surface area contributed by atoms with E-state index in [9.17, 15) is 4.79 Å². The zero-order valence-corrected chi connectivity index (χ0v) is 12.1. The lowest BCUT2D eigenvalue weighted by Crippen LogP contribution is -2.41. The van der Waals surface area contributed by atoms with Gasteiger partial charge in [0.25, 0.3) is 0 Å². The van der Waals surface area contributed by atoms with E-state index in [1.54, 1.807) is 0 Å². The highest BCUT2D eigenvalue weighted by Gasteiger charge is 2.24. The SMILES string of the molecule is NCCC1CCN(CC(=O)NC2CCCCCC2)C1. The third-order valence-electron chi connectivity index (χ3n) is 4.53. The zero-order chi connectivity index (χ0) is 13.5. The number of amides is 1. The van der Waals surface area contributed by atoms with Crippen molar-refractivity contribution < 1.29 is 4.79 Å². The molecule has 0 aromatic heterocycles. The predicted octanol–water partition coefficient (Wildman–Crippen LogP) is 1.50. The summed E-state index contributed by atoms with van der Waals surface area (Å²) in [5, 5.41) is 3.23. The maximum absolute atomic E-state index is 12.1. The van der Waals surface area contributed by atoms with E-state index in [0.29, 0.717) is 18.5 Å². The average Bonchev–Trinajstić information content (AvgIpc) is 2.65. The number of nitrogens with two attached hydrogens (primary N) is 1. The number of carbonyl (C=O) groups is 1. The molecule has 2 fully saturated rings. The number of rotatable bonds is 5. The molecule has 0 radical (unpaired) electrons. The van der Waals surface area contributed by atoms with Crippen molar-refractivity contribution in [1.29, 1.82) is 0 Å². The number of likely N-dealkylation sites (tertiary alicyclic amines) is 1. The largest absolute Gasteiger partial charge is 0.352 e. The van der Waals surface area contributed by atoms with Crippen LogP contribution in [-0.2, 0) is 4.79 Å². The molecular weight excluding hydrogens is 238 g/mol. The molecule has 0 spiro atoms. The molecule has 0 aromatic carbocycles. The molecule has 4 heteroatoms. The van der Waals surface area contributed by atoms with Gasteiger partial charge in [-0.2, -0.15) is 0 Å². The van der Waals surface area contributed by atoms with Gasteiger partial charge in [-0.3, -0.25) is 9.69 Å². The minimum absolute atomic E-state index is 0.222. The van der Waals surface area contributed by atoms with E-state index in [1.807, 2.05) is 0 Å². The molecule has 1 atom stereocenters. The lowest BCUT2D eigenvalue weighted by atomic mass is 10.1. The van der Waals surface area contributed by atoms with Crippen LogP contribution in [0.4, 0.5) is 0 Å². The van der Waals surface area contributed by atoms with Gasteiger partial charge in [0.05, 0.1) is 6.54 Å². The molecule has 1 amide bonds. The predicted molar refractivity (Wildman–Crippen MR) is 77.9 cm³/mol. The molecule has 110 valence electrons. The highest BCUT2D eigenvalue weighted by Crippen LogP contribution is 2.19. The molecule has 2 rings (SSSR count). The van der Waals surface area contributed by atoms with Gasteiger partial charge in [0.2, 0.25) is 5.91 Å². The Morgan fingerprint density at radius 2 is 1.89 bits per heavy atom. The van der Waals surface area contributed by atoms with Crippen molar-refractivity contribution in [2.45, 2.75) is 57.4 Å². The van der Waals surface area contributed by atoms with Gasteiger partial charge in [0.1, 0.15) is 0 Å². The van der Waals surface area contributed by atoms with Crippen molar-refractivity contribution >= 4 is 5.91 Å². The molecule has 1 heterocycles. The van der Waals surface area contributed by atoms with Gasteiger partial charge in [-0.15, -0.1) is 0 Å². The monoisotopic (exact) mass is 267 g/mol. The first-order valence-corrected chi connectivity index (χ1v) is 7.99. The minimum Gasteiger partial charge on any atom is -0.352 e. The molecule has 1 unspecified atom stereocenters. The Bertz CT molecular complexity index is 275. The van der Waals surface area contributed by atoms with Gasteiger partial charge < -0.3 is 11.1 Å². The van der Waals surface area contributed by atoms with Gasteiger partial charge in [-0.25, -0.2) is 0 Å². The molecule has 1 aliphatic carbocycles. The molecular formula is C15H29N3O. The van der Waals surface area contributed by atoms with Crippen LogP contribution in [0, 0.1) is 5.92 Å². The third kappa shape index (κ3) is 5.11. The van der Waals surface area contributed by atoms with Crippen LogP contribution in [0.1, 0.15) is 51.4 Å². The normalized spacial score (nSPS) is 26.3. The third-order valence-corrected chi connectivity index (χ3v) is 4.53. The van der Waals surface area contributed by atoms with Crippen LogP contribution in [0.3, 0.4) is 0 Å². The molecule has 0 aromatic rings. The number of nitrogens with zero attached hydrogens (tertiary/aromatic N) is 1. The molecule has 4 nitrogen and oxygen atoms in total. The summed E-state index contributed by atoms with van der Waals surface area (Å²) < 4.78 is 0. The number of hydrogen-bond acceptors (Lipinski definition) is 3. The first-order chi connectivity index (χ1) is 9.28. The van der Waals surface area contributed by atoms with Crippen LogP contribution in [-0.4, -0.2) is 43.0 Å². The topological polar surface area (TPSA) is 58.4 Å². The van der Waals surface area contributed by atoms with Crippen LogP contribution in [0.5, 0.6) is 0 Å². The fraction of sp³-hybridized carbons (Fsp3) is 0.933. The van der Waals surface area contributed by atoms with Gasteiger partial charge in [-0.1, -0.05) is 25.7 Å². The van der Waals surface area contributed by atoms with Crippen LogP contribution in [0.2, 0.25) is 0 Å². The van der Waals surface area contributed by atoms with Crippen molar-refractivity contribution in [2.24, 2.45) is 11.7 Å². The van der Waals surface area contributed by atoms with Crippen molar-refractivity contribution in [3.63, 3.8) is 0 Å². The second-order valence-corrected chi connectivity index (χ2v) is 6.22. The summed E-state index contributed by atoms with van der Waals surface area (Å²) in [4.78, 5) is 14.4. The summed E-state index contributed by atoms with van der Waals surface area (Å²) in [6, 6.07) is 0.428. The first kappa shape index (κ1) is 14.8. The lowest BCUT2D eigenvalue weighted by molar-refractivity contribution is -0.122. The highest BCUT2D eigenvalue weighted by molar-refractivity contribution is 5.78. The Morgan fingerprint density at radius 1 is 1.16 bits per heavy atom. The summed E-state index contributed by atoms with van der Waals surface area (Å²) >= 11 is 0. The van der Waals surface area contributed by atoms with E-state index < -0.39 is 0 Å². The van der Waals surface area contributed by atoms with E-state index in [1.165, 1.54) is 44.9 Å². The molecule has 19 heavy (non-hydrogen) atoms. The maximum atomic E-state index is 12.1. The summed E-state index contributed by atoms with van der Waals surface area (Å²) in [6.45, 7) is 3.46. The Balaban J connectivity index is 1.66. The Labute approximate surface area is 117 Å². The van der Waals surface area contributed by atoms with Gasteiger partial charge in [0.15, 0.2) is 0 Å². The van der Waals surface area contributed by atoms with E-state index in [2.05, 4.69) is 10.2 Å².